The summed E-state index contributed by atoms with van der Waals surface area (Å²) in [7, 11) is 1.84. The van der Waals surface area contributed by atoms with Crippen LogP contribution < -0.4 is 4.18 Å². The van der Waals surface area contributed by atoms with Gasteiger partial charge in [-0.05, 0) is 45.0 Å². The van der Waals surface area contributed by atoms with Crippen LogP contribution in [0.2, 0.25) is 0 Å². The Morgan fingerprint density at radius 2 is 1.95 bits per heavy atom. The molecule has 0 amide bonds. The third kappa shape index (κ3) is 4.76. The van der Waals surface area contributed by atoms with Gasteiger partial charge >= 0.3 is 5.97 Å². The summed E-state index contributed by atoms with van der Waals surface area (Å²) in [5.41, 5.74) is 0.994. The van der Waals surface area contributed by atoms with Gasteiger partial charge in [0.15, 0.2) is 0 Å². The van der Waals surface area contributed by atoms with Gasteiger partial charge < -0.3 is 9.29 Å². The van der Waals surface area contributed by atoms with E-state index in [1.807, 2.05) is 56.3 Å². The number of carbonyl (C=O) groups is 1. The first-order chi connectivity index (χ1) is 8.95. The smallest absolute Gasteiger partial charge is 0.321 e. The number of benzene rings is 1. The summed E-state index contributed by atoms with van der Waals surface area (Å²) < 4.78 is 5.29. The first-order valence-corrected chi connectivity index (χ1v) is 7.35. The van der Waals surface area contributed by atoms with E-state index < -0.39 is 12.0 Å². The van der Waals surface area contributed by atoms with Crippen molar-refractivity contribution in [2.45, 2.75) is 32.4 Å². The van der Waals surface area contributed by atoms with Crippen molar-refractivity contribution in [2.24, 2.45) is 0 Å². The molecule has 4 nitrogen and oxygen atoms in total. The summed E-state index contributed by atoms with van der Waals surface area (Å²) in [4.78, 5) is 13.2. The largest absolute Gasteiger partial charge is 0.480 e. The second-order valence-electron chi connectivity index (χ2n) is 4.71. The summed E-state index contributed by atoms with van der Waals surface area (Å²) >= 11 is 1.29. The number of likely N-dealkylation sites (N-methyl/N-ethyl adjacent to an activating group) is 1. The second-order valence-corrected chi connectivity index (χ2v) is 5.21. The normalized spacial score (nSPS) is 12.7. The van der Waals surface area contributed by atoms with E-state index in [1.165, 1.54) is 12.0 Å². The van der Waals surface area contributed by atoms with Crippen LogP contribution in [0.4, 0.5) is 0 Å². The average molecular weight is 283 g/mol. The van der Waals surface area contributed by atoms with Gasteiger partial charge in [-0.15, -0.1) is 0 Å². The molecule has 0 heterocycles. The van der Waals surface area contributed by atoms with E-state index in [2.05, 4.69) is 0 Å². The van der Waals surface area contributed by atoms with E-state index in [0.717, 1.165) is 11.3 Å². The lowest BCUT2D eigenvalue weighted by atomic mass is 10.0. The van der Waals surface area contributed by atoms with Crippen LogP contribution in [0.3, 0.4) is 0 Å². The van der Waals surface area contributed by atoms with Gasteiger partial charge in [-0.2, -0.15) is 0 Å². The SMILES string of the molecule is CSOc1ccc(C[C@@H](C(=O)O)N(C)C(C)C)cc1. The van der Waals surface area contributed by atoms with Crippen LogP contribution in [-0.2, 0) is 11.2 Å². The van der Waals surface area contributed by atoms with E-state index in [-0.39, 0.29) is 6.04 Å². The highest BCUT2D eigenvalue weighted by Crippen LogP contribution is 2.18. The molecular weight excluding hydrogens is 262 g/mol. The summed E-state index contributed by atoms with van der Waals surface area (Å²) in [5.74, 6) is -0.0130. The first-order valence-electron chi connectivity index (χ1n) is 6.20. The van der Waals surface area contributed by atoms with E-state index in [1.54, 1.807) is 0 Å². The molecule has 0 saturated heterocycles. The van der Waals surface area contributed by atoms with Crippen LogP contribution in [0.25, 0.3) is 0 Å². The monoisotopic (exact) mass is 283 g/mol. The molecule has 0 fully saturated rings. The van der Waals surface area contributed by atoms with Crippen molar-refractivity contribution in [3.63, 3.8) is 0 Å². The summed E-state index contributed by atoms with van der Waals surface area (Å²) in [6.45, 7) is 3.98. The molecule has 1 aromatic carbocycles. The molecule has 0 unspecified atom stereocenters. The minimum absolute atomic E-state index is 0.195. The fourth-order valence-corrected chi connectivity index (χ4v) is 2.07. The molecule has 1 atom stereocenters. The van der Waals surface area contributed by atoms with Crippen molar-refractivity contribution in [1.82, 2.24) is 4.90 Å². The molecule has 1 aromatic rings. The quantitative estimate of drug-likeness (QED) is 0.780. The van der Waals surface area contributed by atoms with Crippen molar-refractivity contribution in [3.8, 4) is 5.75 Å². The predicted molar refractivity (Wildman–Crippen MR) is 78.6 cm³/mol. The maximum atomic E-state index is 11.3. The molecule has 0 radical (unpaired) electrons. The Morgan fingerprint density at radius 1 is 1.37 bits per heavy atom. The molecule has 19 heavy (non-hydrogen) atoms. The number of hydrogen-bond acceptors (Lipinski definition) is 4. The summed E-state index contributed by atoms with van der Waals surface area (Å²) in [6.07, 6.45) is 2.34. The van der Waals surface area contributed by atoms with Crippen LogP contribution in [-0.4, -0.2) is 41.4 Å². The average Bonchev–Trinajstić information content (AvgIpc) is 2.37. The van der Waals surface area contributed by atoms with E-state index in [4.69, 9.17) is 4.18 Å². The Balaban J connectivity index is 2.76. The lowest BCUT2D eigenvalue weighted by molar-refractivity contribution is -0.143. The van der Waals surface area contributed by atoms with Gasteiger partial charge in [-0.3, -0.25) is 9.69 Å². The minimum atomic E-state index is -0.791. The Kier molecular flexibility index (Phi) is 6.18. The zero-order valence-electron chi connectivity index (χ0n) is 11.8. The van der Waals surface area contributed by atoms with Gasteiger partial charge in [0.05, 0.1) is 12.0 Å². The van der Waals surface area contributed by atoms with Crippen LogP contribution in [0, 0.1) is 0 Å². The molecule has 106 valence electrons. The predicted octanol–water partition coefficient (Wildman–Crippen LogP) is 2.68. The first kappa shape index (κ1) is 15.9. The van der Waals surface area contributed by atoms with E-state index in [0.29, 0.717) is 6.42 Å². The zero-order valence-corrected chi connectivity index (χ0v) is 12.6. The number of hydrogen-bond donors (Lipinski definition) is 1. The third-order valence-corrected chi connectivity index (χ3v) is 3.48. The molecule has 0 aliphatic heterocycles. The zero-order chi connectivity index (χ0) is 14.4. The van der Waals surface area contributed by atoms with Crippen LogP contribution >= 0.6 is 12.0 Å². The van der Waals surface area contributed by atoms with E-state index in [9.17, 15) is 9.90 Å². The van der Waals surface area contributed by atoms with Crippen LogP contribution in [0.15, 0.2) is 24.3 Å². The van der Waals surface area contributed by atoms with Crippen molar-refractivity contribution in [2.75, 3.05) is 13.3 Å². The number of carboxylic acids is 1. The second kappa shape index (κ2) is 7.40. The number of carboxylic acid groups (broad SMARTS) is 1. The minimum Gasteiger partial charge on any atom is -0.480 e. The number of nitrogens with zero attached hydrogens (tertiary/aromatic N) is 1. The van der Waals surface area contributed by atoms with Gasteiger partial charge in [0.2, 0.25) is 0 Å². The van der Waals surface area contributed by atoms with Gasteiger partial charge in [0.1, 0.15) is 11.8 Å². The maximum Gasteiger partial charge on any atom is 0.321 e. The Morgan fingerprint density at radius 3 is 2.37 bits per heavy atom. The van der Waals surface area contributed by atoms with Gasteiger partial charge in [0.25, 0.3) is 0 Å². The molecule has 0 aliphatic carbocycles. The Hall–Kier alpha value is -1.20. The molecular formula is C14H21NO3S. The summed E-state index contributed by atoms with van der Waals surface area (Å²) in [6, 6.07) is 7.23. The lowest BCUT2D eigenvalue weighted by Crippen LogP contribution is -2.43. The van der Waals surface area contributed by atoms with Gasteiger partial charge in [0, 0.05) is 12.3 Å². The van der Waals surface area contributed by atoms with Crippen molar-refractivity contribution in [1.29, 1.82) is 0 Å². The maximum absolute atomic E-state index is 11.3. The van der Waals surface area contributed by atoms with Crippen molar-refractivity contribution < 1.29 is 14.1 Å². The highest BCUT2D eigenvalue weighted by Gasteiger charge is 2.24. The fraction of sp³-hybridized carbons (Fsp3) is 0.500. The topological polar surface area (TPSA) is 49.8 Å². The highest BCUT2D eigenvalue weighted by molar-refractivity contribution is 7.94. The van der Waals surface area contributed by atoms with Crippen LogP contribution in [0.5, 0.6) is 5.75 Å². The van der Waals surface area contributed by atoms with E-state index >= 15 is 0 Å². The standard InChI is InChI=1S/C14H21NO3S/c1-10(2)15(3)13(14(16)17)9-11-5-7-12(8-6-11)18-19-4/h5-8,10,13H,9H2,1-4H3,(H,16,17)/t13-/m0/s1. The van der Waals surface area contributed by atoms with Crippen LogP contribution in [0.1, 0.15) is 19.4 Å². The third-order valence-electron chi connectivity index (χ3n) is 3.12. The molecule has 0 spiro atoms. The molecule has 0 aromatic heterocycles. The van der Waals surface area contributed by atoms with Gasteiger partial charge in [-0.1, -0.05) is 12.1 Å². The molecule has 0 bridgehead atoms. The lowest BCUT2D eigenvalue weighted by Gasteiger charge is -2.28. The molecule has 0 saturated carbocycles. The molecule has 1 rings (SSSR count). The van der Waals surface area contributed by atoms with Gasteiger partial charge in [-0.25, -0.2) is 0 Å². The molecule has 1 N–H and O–H groups in total. The highest BCUT2D eigenvalue weighted by atomic mass is 32.2. The Bertz CT molecular complexity index is 406. The summed E-state index contributed by atoms with van der Waals surface area (Å²) in [5, 5.41) is 9.32. The molecule has 0 aliphatic rings. The number of aliphatic carboxylic acids is 1. The fourth-order valence-electron chi connectivity index (χ4n) is 1.77. The van der Waals surface area contributed by atoms with Crippen molar-refractivity contribution in [3.05, 3.63) is 29.8 Å². The number of rotatable bonds is 7. The van der Waals surface area contributed by atoms with Crippen molar-refractivity contribution >= 4 is 18.0 Å². The Labute approximate surface area is 119 Å². The molecule has 5 heteroatoms.